The van der Waals surface area contributed by atoms with Gasteiger partial charge in [-0.25, -0.2) is 18.6 Å². The SMILES string of the molecule is N[C@@H](CO)C(=O)N([C@@H](COP(=O)(O)O)C(=O)O)P(=O)(O)O. The van der Waals surface area contributed by atoms with Gasteiger partial charge in [-0.05, 0) is 0 Å². The molecule has 0 aromatic rings. The van der Waals surface area contributed by atoms with Gasteiger partial charge >= 0.3 is 21.5 Å². The highest BCUT2D eigenvalue weighted by molar-refractivity contribution is 7.50. The fourth-order valence-corrected chi connectivity index (χ4v) is 2.39. The number of aliphatic hydroxyl groups excluding tert-OH is 1. The Morgan fingerprint density at radius 2 is 1.67 bits per heavy atom. The number of nitrogens with zero attached hydrogens (tertiary/aromatic N) is 1. The summed E-state index contributed by atoms with van der Waals surface area (Å²) in [6.07, 6.45) is 0. The Morgan fingerprint density at radius 3 is 1.95 bits per heavy atom. The van der Waals surface area contributed by atoms with Crippen LogP contribution in [0.15, 0.2) is 0 Å². The first-order valence-electron chi connectivity index (χ1n) is 4.99. The number of aliphatic carboxylic acids is 1. The number of hydrogen-bond donors (Lipinski definition) is 7. The fourth-order valence-electron chi connectivity index (χ4n) is 1.13. The zero-order valence-corrected chi connectivity index (χ0v) is 12.0. The summed E-state index contributed by atoms with van der Waals surface area (Å²) in [6, 6.07) is -4.27. The number of aliphatic hydroxyl groups is 1. The summed E-state index contributed by atoms with van der Waals surface area (Å²) in [6.45, 7) is -2.45. The standard InChI is InChI=1S/C6H14N2O11P2/c7-3(1-9)5(10)8(20(13,14)15)4(6(11)12)2-19-21(16,17)18/h3-4,9H,1-2,7H2,(H,11,12)(H2,13,14,15)(H2,16,17,18)/t3-,4-/m0/s1. The fraction of sp³-hybridized carbons (Fsp3) is 0.667. The van der Waals surface area contributed by atoms with Gasteiger partial charge in [0.2, 0.25) is 0 Å². The van der Waals surface area contributed by atoms with Crippen LogP contribution >= 0.6 is 15.6 Å². The molecule has 0 saturated heterocycles. The minimum atomic E-state index is -5.51. The topological polar surface area (TPSA) is 228 Å². The van der Waals surface area contributed by atoms with E-state index < -0.39 is 57.4 Å². The molecule has 1 amide bonds. The van der Waals surface area contributed by atoms with E-state index in [1.165, 1.54) is 0 Å². The zero-order valence-electron chi connectivity index (χ0n) is 10.2. The van der Waals surface area contributed by atoms with E-state index in [0.717, 1.165) is 0 Å². The zero-order chi connectivity index (χ0) is 17.0. The molecular formula is C6H14N2O11P2. The van der Waals surface area contributed by atoms with Crippen molar-refractivity contribution in [3.8, 4) is 0 Å². The van der Waals surface area contributed by atoms with E-state index in [1.807, 2.05) is 0 Å². The molecule has 0 spiro atoms. The van der Waals surface area contributed by atoms with Crippen LogP contribution in [0.3, 0.4) is 0 Å². The number of carbonyl (C=O) groups is 2. The molecule has 0 saturated carbocycles. The average molecular weight is 352 g/mol. The summed E-state index contributed by atoms with van der Waals surface area (Å²) in [5.74, 6) is -3.64. The Morgan fingerprint density at radius 1 is 1.19 bits per heavy atom. The Bertz CT molecular complexity index is 483. The third kappa shape index (κ3) is 6.61. The summed E-state index contributed by atoms with van der Waals surface area (Å²) >= 11 is 0. The molecule has 0 radical (unpaired) electrons. The number of hydrogen-bond acceptors (Lipinski definition) is 7. The smallest absolute Gasteiger partial charge is 0.469 e. The lowest BCUT2D eigenvalue weighted by Gasteiger charge is -2.30. The van der Waals surface area contributed by atoms with Crippen molar-refractivity contribution in [3.05, 3.63) is 0 Å². The van der Waals surface area contributed by atoms with Gasteiger partial charge in [0.1, 0.15) is 6.04 Å². The van der Waals surface area contributed by atoms with E-state index >= 15 is 0 Å². The lowest BCUT2D eigenvalue weighted by molar-refractivity contribution is -0.149. The van der Waals surface area contributed by atoms with Crippen LogP contribution in [-0.4, -0.2) is 71.6 Å². The van der Waals surface area contributed by atoms with Gasteiger partial charge in [0.15, 0.2) is 6.04 Å². The van der Waals surface area contributed by atoms with Crippen LogP contribution in [-0.2, 0) is 23.2 Å². The Balaban J connectivity index is 5.52. The van der Waals surface area contributed by atoms with Gasteiger partial charge in [-0.3, -0.25) is 9.32 Å². The molecule has 0 aromatic carbocycles. The van der Waals surface area contributed by atoms with Crippen molar-refractivity contribution in [2.24, 2.45) is 5.73 Å². The summed E-state index contributed by atoms with van der Waals surface area (Å²) < 4.78 is 25.1. The number of phosphoric acid groups is 1. The van der Waals surface area contributed by atoms with Crippen molar-refractivity contribution < 1.29 is 53.0 Å². The molecule has 0 aliphatic rings. The first-order chi connectivity index (χ1) is 9.31. The molecule has 0 fully saturated rings. The summed E-state index contributed by atoms with van der Waals surface area (Å²) in [5, 5.41) is 17.5. The van der Waals surface area contributed by atoms with Gasteiger partial charge in [0, 0.05) is 0 Å². The first kappa shape index (κ1) is 20.1. The van der Waals surface area contributed by atoms with Gasteiger partial charge in [-0.2, -0.15) is 0 Å². The molecule has 15 heteroatoms. The second kappa shape index (κ2) is 7.40. The summed E-state index contributed by atoms with van der Waals surface area (Å²) in [4.78, 5) is 57.5. The molecular weight excluding hydrogens is 338 g/mol. The van der Waals surface area contributed by atoms with Crippen LogP contribution in [0, 0.1) is 0 Å². The molecule has 8 N–H and O–H groups in total. The summed E-state index contributed by atoms with van der Waals surface area (Å²) in [7, 11) is -10.7. The van der Waals surface area contributed by atoms with Gasteiger partial charge < -0.3 is 35.5 Å². The van der Waals surface area contributed by atoms with E-state index in [9.17, 15) is 18.7 Å². The van der Waals surface area contributed by atoms with Gasteiger partial charge in [-0.15, -0.1) is 0 Å². The maximum Gasteiger partial charge on any atom is 0.469 e. The number of rotatable bonds is 8. The number of carbonyl (C=O) groups excluding carboxylic acids is 1. The molecule has 0 aromatic heterocycles. The van der Waals surface area contributed by atoms with Gasteiger partial charge in [0.05, 0.1) is 13.2 Å². The average Bonchev–Trinajstić information content (AvgIpc) is 2.29. The van der Waals surface area contributed by atoms with Crippen LogP contribution in [0.4, 0.5) is 0 Å². The van der Waals surface area contributed by atoms with Crippen LogP contribution in [0.5, 0.6) is 0 Å². The highest BCUT2D eigenvalue weighted by Gasteiger charge is 2.43. The van der Waals surface area contributed by atoms with Crippen molar-refractivity contribution in [3.63, 3.8) is 0 Å². The number of amides is 1. The van der Waals surface area contributed by atoms with E-state index in [0.29, 0.717) is 0 Å². The molecule has 0 bridgehead atoms. The highest BCUT2D eigenvalue weighted by Crippen LogP contribution is 2.44. The molecule has 0 aliphatic heterocycles. The van der Waals surface area contributed by atoms with Crippen LogP contribution in [0.25, 0.3) is 0 Å². The molecule has 0 rings (SSSR count). The van der Waals surface area contributed by atoms with Crippen molar-refractivity contribution in [1.82, 2.24) is 4.67 Å². The van der Waals surface area contributed by atoms with Gasteiger partial charge in [0.25, 0.3) is 5.91 Å². The lowest BCUT2D eigenvalue weighted by Crippen LogP contribution is -2.52. The lowest BCUT2D eigenvalue weighted by atomic mass is 10.2. The maximum absolute atomic E-state index is 11.6. The highest BCUT2D eigenvalue weighted by atomic mass is 31.2. The van der Waals surface area contributed by atoms with Crippen molar-refractivity contribution in [1.29, 1.82) is 0 Å². The van der Waals surface area contributed by atoms with Crippen LogP contribution < -0.4 is 5.73 Å². The number of phosphoric ester groups is 1. The quantitative estimate of drug-likeness (QED) is 0.214. The number of nitrogens with two attached hydrogens (primary N) is 1. The Kier molecular flexibility index (Phi) is 7.09. The largest absolute Gasteiger partial charge is 0.480 e. The third-order valence-corrected chi connectivity index (χ3v) is 3.52. The van der Waals surface area contributed by atoms with E-state index in [1.54, 1.807) is 0 Å². The van der Waals surface area contributed by atoms with E-state index in [-0.39, 0.29) is 0 Å². The van der Waals surface area contributed by atoms with E-state index in [4.69, 9.17) is 35.5 Å². The Labute approximate surface area is 117 Å². The monoisotopic (exact) mass is 352 g/mol. The third-order valence-electron chi connectivity index (χ3n) is 2.00. The van der Waals surface area contributed by atoms with Crippen molar-refractivity contribution in [2.45, 2.75) is 12.1 Å². The second-order valence-electron chi connectivity index (χ2n) is 3.63. The normalized spacial score (nSPS) is 15.3. The molecule has 0 heterocycles. The minimum Gasteiger partial charge on any atom is -0.480 e. The second-order valence-corrected chi connectivity index (χ2v) is 6.32. The molecule has 124 valence electrons. The molecule has 13 nitrogen and oxygen atoms in total. The van der Waals surface area contributed by atoms with E-state index in [2.05, 4.69) is 4.52 Å². The molecule has 0 unspecified atom stereocenters. The molecule has 21 heavy (non-hydrogen) atoms. The first-order valence-corrected chi connectivity index (χ1v) is 8.09. The predicted molar refractivity (Wildman–Crippen MR) is 63.4 cm³/mol. The van der Waals surface area contributed by atoms with Crippen molar-refractivity contribution >= 4 is 27.4 Å². The van der Waals surface area contributed by atoms with Crippen LogP contribution in [0.1, 0.15) is 0 Å². The summed E-state index contributed by atoms with van der Waals surface area (Å²) in [5.41, 5.74) is 5.06. The van der Waals surface area contributed by atoms with Crippen LogP contribution in [0.2, 0.25) is 0 Å². The predicted octanol–water partition coefficient (Wildman–Crippen LogP) is -3.21. The maximum atomic E-state index is 11.6. The van der Waals surface area contributed by atoms with Crippen molar-refractivity contribution in [2.75, 3.05) is 13.2 Å². The number of carboxylic acids is 1. The van der Waals surface area contributed by atoms with Gasteiger partial charge in [-0.1, -0.05) is 0 Å². The molecule has 2 atom stereocenters. The molecule has 0 aliphatic carbocycles. The minimum absolute atomic E-state index is 0.508. The number of carboxylic acid groups (broad SMARTS) is 1. The Hall–Kier alpha value is -0.880.